The predicted molar refractivity (Wildman–Crippen MR) is 98.1 cm³/mol. The summed E-state index contributed by atoms with van der Waals surface area (Å²) in [6.07, 6.45) is 1.60. The fourth-order valence-electron chi connectivity index (χ4n) is 2.55. The van der Waals surface area contributed by atoms with Crippen LogP contribution in [0.2, 0.25) is 0 Å². The van der Waals surface area contributed by atoms with E-state index in [0.717, 1.165) is 29.5 Å². The molecule has 3 rings (SSSR count). The van der Waals surface area contributed by atoms with Crippen molar-refractivity contribution in [3.63, 3.8) is 0 Å². The minimum absolute atomic E-state index is 0.138. The fourth-order valence-corrected chi connectivity index (χ4v) is 2.55. The standard InChI is InChI=1S/C20H20N2O3/c23-19(17-14-15-8-4-5-11-18(15)22-20(17)24)21-12-6-7-13-25-16-9-2-1-3-10-16/h1-5,8-11,14H,6-7,12-13H2,(H,21,23)(H,22,24). The van der Waals surface area contributed by atoms with Crippen molar-refractivity contribution in [1.29, 1.82) is 0 Å². The van der Waals surface area contributed by atoms with Crippen molar-refractivity contribution in [3.05, 3.63) is 76.6 Å². The van der Waals surface area contributed by atoms with E-state index in [2.05, 4.69) is 10.3 Å². The van der Waals surface area contributed by atoms with Gasteiger partial charge in [0.2, 0.25) is 0 Å². The van der Waals surface area contributed by atoms with Gasteiger partial charge in [0.1, 0.15) is 11.3 Å². The number of ether oxygens (including phenoxy) is 1. The second-order valence-corrected chi connectivity index (χ2v) is 5.72. The number of aromatic amines is 1. The van der Waals surface area contributed by atoms with Crippen molar-refractivity contribution in [3.8, 4) is 5.75 Å². The van der Waals surface area contributed by atoms with Crippen LogP contribution in [0.4, 0.5) is 0 Å². The van der Waals surface area contributed by atoms with E-state index in [-0.39, 0.29) is 17.0 Å². The number of benzene rings is 2. The van der Waals surface area contributed by atoms with Gasteiger partial charge in [-0.05, 0) is 42.5 Å². The summed E-state index contributed by atoms with van der Waals surface area (Å²) in [6, 6.07) is 18.6. The Hall–Kier alpha value is -3.08. The van der Waals surface area contributed by atoms with Crippen LogP contribution in [0.25, 0.3) is 10.9 Å². The van der Waals surface area contributed by atoms with Gasteiger partial charge in [-0.15, -0.1) is 0 Å². The van der Waals surface area contributed by atoms with Gasteiger partial charge in [0.05, 0.1) is 6.61 Å². The average Bonchev–Trinajstić information content (AvgIpc) is 2.64. The quantitative estimate of drug-likeness (QED) is 0.651. The van der Waals surface area contributed by atoms with Gasteiger partial charge in [-0.2, -0.15) is 0 Å². The zero-order valence-corrected chi connectivity index (χ0v) is 13.8. The molecule has 25 heavy (non-hydrogen) atoms. The summed E-state index contributed by atoms with van der Waals surface area (Å²) in [7, 11) is 0. The number of hydrogen-bond donors (Lipinski definition) is 2. The fraction of sp³-hybridized carbons (Fsp3) is 0.200. The number of carbonyl (C=O) groups excluding carboxylic acids is 1. The normalized spacial score (nSPS) is 10.6. The zero-order chi connectivity index (χ0) is 17.5. The highest BCUT2D eigenvalue weighted by atomic mass is 16.5. The van der Waals surface area contributed by atoms with Crippen molar-refractivity contribution in [2.24, 2.45) is 0 Å². The molecule has 5 nitrogen and oxygen atoms in total. The van der Waals surface area contributed by atoms with Gasteiger partial charge in [0.15, 0.2) is 0 Å². The lowest BCUT2D eigenvalue weighted by Crippen LogP contribution is -2.30. The Labute approximate surface area is 145 Å². The summed E-state index contributed by atoms with van der Waals surface area (Å²) in [5, 5.41) is 3.63. The van der Waals surface area contributed by atoms with Crippen LogP contribution in [0.5, 0.6) is 5.75 Å². The summed E-state index contributed by atoms with van der Waals surface area (Å²) in [6.45, 7) is 1.10. The van der Waals surface area contributed by atoms with Crippen LogP contribution in [-0.2, 0) is 0 Å². The van der Waals surface area contributed by atoms with E-state index in [0.29, 0.717) is 13.2 Å². The number of rotatable bonds is 7. The molecule has 1 heterocycles. The Balaban J connectivity index is 1.46. The van der Waals surface area contributed by atoms with Crippen LogP contribution in [0.1, 0.15) is 23.2 Å². The predicted octanol–water partition coefficient (Wildman–Crippen LogP) is 3.12. The molecule has 0 aliphatic carbocycles. The zero-order valence-electron chi connectivity index (χ0n) is 13.8. The molecule has 5 heteroatoms. The molecule has 0 atom stereocenters. The number of fused-ring (bicyclic) bond motifs is 1. The largest absolute Gasteiger partial charge is 0.494 e. The lowest BCUT2D eigenvalue weighted by molar-refractivity contribution is 0.0951. The van der Waals surface area contributed by atoms with Crippen molar-refractivity contribution in [2.45, 2.75) is 12.8 Å². The summed E-state index contributed by atoms with van der Waals surface area (Å²) in [5.41, 5.74) is 0.491. The van der Waals surface area contributed by atoms with Crippen molar-refractivity contribution < 1.29 is 9.53 Å². The Morgan fingerprint density at radius 1 is 1.00 bits per heavy atom. The number of hydrogen-bond acceptors (Lipinski definition) is 3. The number of H-pyrrole nitrogens is 1. The van der Waals surface area contributed by atoms with Gasteiger partial charge >= 0.3 is 0 Å². The maximum atomic E-state index is 12.2. The Morgan fingerprint density at radius 2 is 1.76 bits per heavy atom. The summed E-state index contributed by atoms with van der Waals surface area (Å²) in [5.74, 6) is 0.491. The van der Waals surface area contributed by atoms with Gasteiger partial charge in [-0.25, -0.2) is 0 Å². The van der Waals surface area contributed by atoms with E-state index < -0.39 is 0 Å². The molecule has 0 aliphatic heterocycles. The molecule has 0 aliphatic rings. The van der Waals surface area contributed by atoms with E-state index in [1.807, 2.05) is 54.6 Å². The number of unbranched alkanes of at least 4 members (excludes halogenated alkanes) is 1. The van der Waals surface area contributed by atoms with Crippen molar-refractivity contribution >= 4 is 16.8 Å². The molecule has 2 N–H and O–H groups in total. The maximum Gasteiger partial charge on any atom is 0.261 e. The second kappa shape index (κ2) is 8.15. The second-order valence-electron chi connectivity index (χ2n) is 5.72. The molecular weight excluding hydrogens is 316 g/mol. The monoisotopic (exact) mass is 336 g/mol. The molecule has 0 unspecified atom stereocenters. The lowest BCUT2D eigenvalue weighted by Gasteiger charge is -2.07. The maximum absolute atomic E-state index is 12.2. The first-order valence-electron chi connectivity index (χ1n) is 8.32. The number of aromatic nitrogens is 1. The first-order valence-corrected chi connectivity index (χ1v) is 8.32. The van der Waals surface area contributed by atoms with Crippen LogP contribution < -0.4 is 15.6 Å². The third kappa shape index (κ3) is 4.47. The third-order valence-corrected chi connectivity index (χ3v) is 3.87. The molecule has 0 saturated heterocycles. The first-order chi connectivity index (χ1) is 12.2. The topological polar surface area (TPSA) is 71.2 Å². The highest BCUT2D eigenvalue weighted by Crippen LogP contribution is 2.10. The van der Waals surface area contributed by atoms with Crippen molar-refractivity contribution in [1.82, 2.24) is 10.3 Å². The van der Waals surface area contributed by atoms with Crippen molar-refractivity contribution in [2.75, 3.05) is 13.2 Å². The van der Waals surface area contributed by atoms with E-state index in [9.17, 15) is 9.59 Å². The highest BCUT2D eigenvalue weighted by Gasteiger charge is 2.11. The summed E-state index contributed by atoms with van der Waals surface area (Å²) in [4.78, 5) is 27.0. The van der Waals surface area contributed by atoms with Crippen LogP contribution in [0.3, 0.4) is 0 Å². The highest BCUT2D eigenvalue weighted by molar-refractivity contribution is 5.97. The number of nitrogens with one attached hydrogen (secondary N) is 2. The van der Waals surface area contributed by atoms with Gasteiger partial charge in [-0.3, -0.25) is 9.59 Å². The van der Waals surface area contributed by atoms with Crippen LogP contribution in [0, 0.1) is 0 Å². The van der Waals surface area contributed by atoms with E-state index in [4.69, 9.17) is 4.74 Å². The molecule has 1 amide bonds. The van der Waals surface area contributed by atoms with Crippen LogP contribution >= 0.6 is 0 Å². The SMILES string of the molecule is O=C(NCCCCOc1ccccc1)c1cc2ccccc2[nH]c1=O. The van der Waals surface area contributed by atoms with Gasteiger partial charge in [-0.1, -0.05) is 36.4 Å². The summed E-state index contributed by atoms with van der Waals surface area (Å²) >= 11 is 0. The van der Waals surface area contributed by atoms with Crippen LogP contribution in [-0.4, -0.2) is 24.0 Å². The number of pyridine rings is 1. The lowest BCUT2D eigenvalue weighted by atomic mass is 10.1. The molecule has 0 bridgehead atoms. The Morgan fingerprint density at radius 3 is 2.60 bits per heavy atom. The van der Waals surface area contributed by atoms with Crippen LogP contribution in [0.15, 0.2) is 65.5 Å². The molecule has 0 saturated carbocycles. The van der Waals surface area contributed by atoms with Gasteiger partial charge < -0.3 is 15.0 Å². The Kier molecular flexibility index (Phi) is 5.46. The average molecular weight is 336 g/mol. The minimum atomic E-state index is -0.372. The molecule has 3 aromatic rings. The van der Waals surface area contributed by atoms with E-state index >= 15 is 0 Å². The van der Waals surface area contributed by atoms with Gasteiger partial charge in [0, 0.05) is 12.1 Å². The number of para-hydroxylation sites is 2. The Bertz CT molecular complexity index is 903. The smallest absolute Gasteiger partial charge is 0.261 e. The van der Waals surface area contributed by atoms with E-state index in [1.54, 1.807) is 6.07 Å². The molecule has 2 aromatic carbocycles. The summed E-state index contributed by atoms with van der Waals surface area (Å²) < 4.78 is 5.60. The number of amides is 1. The molecule has 0 fully saturated rings. The number of carbonyl (C=O) groups is 1. The molecule has 0 spiro atoms. The molecule has 0 radical (unpaired) electrons. The minimum Gasteiger partial charge on any atom is -0.494 e. The molecule has 128 valence electrons. The van der Waals surface area contributed by atoms with Gasteiger partial charge in [0.25, 0.3) is 11.5 Å². The third-order valence-electron chi connectivity index (χ3n) is 3.87. The molecule has 1 aromatic heterocycles. The van der Waals surface area contributed by atoms with E-state index in [1.165, 1.54) is 0 Å². The first kappa shape index (κ1) is 16.8. The molecular formula is C20H20N2O3.